The minimum atomic E-state index is 0.587. The summed E-state index contributed by atoms with van der Waals surface area (Å²) in [4.78, 5) is 0. The monoisotopic (exact) mass is 307 g/mol. The predicted octanol–water partition coefficient (Wildman–Crippen LogP) is 3.25. The highest BCUT2D eigenvalue weighted by molar-refractivity contribution is 6.31. The summed E-state index contributed by atoms with van der Waals surface area (Å²) in [5.41, 5.74) is 2.82. The number of aromatic nitrogens is 2. The van der Waals surface area contributed by atoms with Gasteiger partial charge in [0.2, 0.25) is 0 Å². The second-order valence-corrected chi connectivity index (χ2v) is 5.25. The molecule has 1 aromatic carbocycles. The van der Waals surface area contributed by atoms with E-state index < -0.39 is 0 Å². The van der Waals surface area contributed by atoms with Gasteiger partial charge in [-0.1, -0.05) is 11.6 Å². The molecule has 1 aromatic heterocycles. The molecule has 0 unspecified atom stereocenters. The van der Waals surface area contributed by atoms with Crippen molar-refractivity contribution in [2.45, 2.75) is 26.9 Å². The number of fused-ring (bicyclic) bond motifs is 1. The quantitative estimate of drug-likeness (QED) is 0.942. The Morgan fingerprint density at radius 1 is 1.29 bits per heavy atom. The molecule has 21 heavy (non-hydrogen) atoms. The van der Waals surface area contributed by atoms with E-state index in [0.29, 0.717) is 19.8 Å². The zero-order chi connectivity index (χ0) is 14.8. The molecule has 1 N–H and O–H groups in total. The predicted molar refractivity (Wildman–Crippen MR) is 82.4 cm³/mol. The van der Waals surface area contributed by atoms with Gasteiger partial charge in [0, 0.05) is 18.3 Å². The van der Waals surface area contributed by atoms with Gasteiger partial charge in [0.05, 0.1) is 23.0 Å². The smallest absolute Gasteiger partial charge is 0.163 e. The first-order valence-corrected chi connectivity index (χ1v) is 7.42. The number of nitrogens with zero attached hydrogens (tertiary/aromatic N) is 2. The van der Waals surface area contributed by atoms with Crippen LogP contribution in [0.5, 0.6) is 11.5 Å². The van der Waals surface area contributed by atoms with E-state index >= 15 is 0 Å². The number of hydrogen-bond acceptors (Lipinski definition) is 4. The number of halogens is 1. The van der Waals surface area contributed by atoms with E-state index in [4.69, 9.17) is 21.1 Å². The van der Waals surface area contributed by atoms with E-state index in [-0.39, 0.29) is 0 Å². The minimum Gasteiger partial charge on any atom is -0.486 e. The molecule has 0 spiro atoms. The fourth-order valence-electron chi connectivity index (χ4n) is 2.38. The number of ether oxygens (including phenoxy) is 2. The highest BCUT2D eigenvalue weighted by atomic mass is 35.5. The van der Waals surface area contributed by atoms with Crippen LogP contribution in [0, 0.1) is 6.92 Å². The molecule has 0 aliphatic carbocycles. The fraction of sp³-hybridized carbons (Fsp3) is 0.400. The third kappa shape index (κ3) is 2.78. The zero-order valence-corrected chi connectivity index (χ0v) is 12.9. The number of nitrogens with one attached hydrogen (secondary N) is 1. The van der Waals surface area contributed by atoms with Crippen molar-refractivity contribution in [1.29, 1.82) is 0 Å². The maximum atomic E-state index is 6.31. The first-order chi connectivity index (χ1) is 10.2. The van der Waals surface area contributed by atoms with Crippen LogP contribution in [0.15, 0.2) is 18.2 Å². The van der Waals surface area contributed by atoms with Crippen LogP contribution in [0.4, 0.5) is 5.69 Å². The lowest BCUT2D eigenvalue weighted by molar-refractivity contribution is 0.171. The van der Waals surface area contributed by atoms with Gasteiger partial charge >= 0.3 is 0 Å². The lowest BCUT2D eigenvalue weighted by atomic mass is 10.2. The maximum Gasteiger partial charge on any atom is 0.163 e. The molecule has 0 atom stereocenters. The number of hydrogen-bond donors (Lipinski definition) is 1. The van der Waals surface area contributed by atoms with Gasteiger partial charge in [-0.05, 0) is 26.0 Å². The zero-order valence-electron chi connectivity index (χ0n) is 12.1. The van der Waals surface area contributed by atoms with Crippen LogP contribution in [-0.4, -0.2) is 23.0 Å². The van der Waals surface area contributed by atoms with E-state index in [2.05, 4.69) is 17.3 Å². The number of aryl methyl sites for hydroxylation is 2. The summed E-state index contributed by atoms with van der Waals surface area (Å²) in [6.45, 7) is 6.58. The van der Waals surface area contributed by atoms with E-state index in [0.717, 1.165) is 40.1 Å². The Morgan fingerprint density at radius 3 is 2.81 bits per heavy atom. The van der Waals surface area contributed by atoms with Gasteiger partial charge in [0.1, 0.15) is 13.2 Å². The van der Waals surface area contributed by atoms with Crippen molar-refractivity contribution < 1.29 is 9.47 Å². The molecule has 0 fully saturated rings. The Balaban J connectivity index is 1.76. The standard InChI is InChI=1S/C15H18ClN3O2/c1-3-19-12(15(16)10(2)18-19)9-17-11-4-5-13-14(8-11)21-7-6-20-13/h4-5,8,17H,3,6-7,9H2,1-2H3. The summed E-state index contributed by atoms with van der Waals surface area (Å²) in [6, 6.07) is 5.84. The van der Waals surface area contributed by atoms with Gasteiger partial charge in [0.25, 0.3) is 0 Å². The van der Waals surface area contributed by atoms with Gasteiger partial charge in [-0.25, -0.2) is 0 Å². The molecule has 0 radical (unpaired) electrons. The summed E-state index contributed by atoms with van der Waals surface area (Å²) >= 11 is 6.31. The molecule has 2 aromatic rings. The summed E-state index contributed by atoms with van der Waals surface area (Å²) in [6.07, 6.45) is 0. The molecule has 1 aliphatic rings. The van der Waals surface area contributed by atoms with Crippen molar-refractivity contribution in [1.82, 2.24) is 9.78 Å². The molecule has 2 heterocycles. The molecule has 112 valence electrons. The SMILES string of the molecule is CCn1nc(C)c(Cl)c1CNc1ccc2c(c1)OCCO2. The minimum absolute atomic E-state index is 0.587. The number of anilines is 1. The van der Waals surface area contributed by atoms with Crippen LogP contribution < -0.4 is 14.8 Å². The average Bonchev–Trinajstić information content (AvgIpc) is 2.79. The summed E-state index contributed by atoms with van der Waals surface area (Å²) in [7, 11) is 0. The van der Waals surface area contributed by atoms with Crippen molar-refractivity contribution in [2.75, 3.05) is 18.5 Å². The molecule has 0 bridgehead atoms. The van der Waals surface area contributed by atoms with E-state index in [1.54, 1.807) is 0 Å². The third-order valence-electron chi connectivity index (χ3n) is 3.45. The van der Waals surface area contributed by atoms with E-state index in [1.807, 2.05) is 29.8 Å². The van der Waals surface area contributed by atoms with Gasteiger partial charge in [-0.2, -0.15) is 5.10 Å². The maximum absolute atomic E-state index is 6.31. The van der Waals surface area contributed by atoms with Crippen LogP contribution in [0.25, 0.3) is 0 Å². The second kappa shape index (κ2) is 5.85. The molecule has 0 saturated carbocycles. The topological polar surface area (TPSA) is 48.3 Å². The van der Waals surface area contributed by atoms with Gasteiger partial charge in [0.15, 0.2) is 11.5 Å². The summed E-state index contributed by atoms with van der Waals surface area (Å²) in [5.74, 6) is 1.57. The summed E-state index contributed by atoms with van der Waals surface area (Å²) < 4.78 is 13.0. The largest absolute Gasteiger partial charge is 0.486 e. The molecule has 6 heteroatoms. The van der Waals surface area contributed by atoms with Crippen LogP contribution in [0.2, 0.25) is 5.02 Å². The van der Waals surface area contributed by atoms with Crippen molar-refractivity contribution in [3.05, 3.63) is 34.6 Å². The van der Waals surface area contributed by atoms with Gasteiger partial charge < -0.3 is 14.8 Å². The van der Waals surface area contributed by atoms with Crippen molar-refractivity contribution >= 4 is 17.3 Å². The highest BCUT2D eigenvalue weighted by Gasteiger charge is 2.14. The van der Waals surface area contributed by atoms with Crippen LogP contribution >= 0.6 is 11.6 Å². The first kappa shape index (κ1) is 14.1. The molecule has 1 aliphatic heterocycles. The van der Waals surface area contributed by atoms with E-state index in [9.17, 15) is 0 Å². The Bertz CT molecular complexity index is 655. The number of benzene rings is 1. The molecule has 5 nitrogen and oxygen atoms in total. The second-order valence-electron chi connectivity index (χ2n) is 4.87. The molecule has 3 rings (SSSR count). The highest BCUT2D eigenvalue weighted by Crippen LogP contribution is 2.33. The van der Waals surface area contributed by atoms with Crippen molar-refractivity contribution in [3.8, 4) is 11.5 Å². The Hall–Kier alpha value is -1.88. The van der Waals surface area contributed by atoms with Crippen molar-refractivity contribution in [2.24, 2.45) is 0 Å². The lowest BCUT2D eigenvalue weighted by Gasteiger charge is -2.19. The Kier molecular flexibility index (Phi) is 3.92. The van der Waals surface area contributed by atoms with Gasteiger partial charge in [-0.3, -0.25) is 4.68 Å². The summed E-state index contributed by atoms with van der Waals surface area (Å²) in [5, 5.41) is 8.49. The molecular weight excluding hydrogens is 290 g/mol. The lowest BCUT2D eigenvalue weighted by Crippen LogP contribution is -2.15. The first-order valence-electron chi connectivity index (χ1n) is 7.04. The molecule has 0 amide bonds. The third-order valence-corrected chi connectivity index (χ3v) is 3.95. The fourth-order valence-corrected chi connectivity index (χ4v) is 2.58. The number of rotatable bonds is 4. The van der Waals surface area contributed by atoms with E-state index in [1.165, 1.54) is 0 Å². The van der Waals surface area contributed by atoms with Crippen LogP contribution in [-0.2, 0) is 13.1 Å². The molecule has 0 saturated heterocycles. The van der Waals surface area contributed by atoms with Crippen molar-refractivity contribution in [3.63, 3.8) is 0 Å². The Labute approximate surface area is 128 Å². The molecular formula is C15H18ClN3O2. The van der Waals surface area contributed by atoms with Crippen LogP contribution in [0.1, 0.15) is 18.3 Å². The van der Waals surface area contributed by atoms with Crippen LogP contribution in [0.3, 0.4) is 0 Å². The average molecular weight is 308 g/mol. The normalized spacial score (nSPS) is 13.3. The van der Waals surface area contributed by atoms with Gasteiger partial charge in [-0.15, -0.1) is 0 Å². The Morgan fingerprint density at radius 2 is 2.05 bits per heavy atom.